The molecule has 0 aliphatic heterocycles. The molecule has 0 radical (unpaired) electrons. The van der Waals surface area contributed by atoms with E-state index in [1.54, 1.807) is 0 Å². The van der Waals surface area contributed by atoms with Crippen molar-refractivity contribution in [3.8, 4) is 0 Å². The molecule has 0 aromatic heterocycles. The third kappa shape index (κ3) is 4.03. The van der Waals surface area contributed by atoms with E-state index in [-0.39, 0.29) is 12.6 Å². The molecule has 0 saturated heterocycles. The number of benzene rings is 1. The summed E-state index contributed by atoms with van der Waals surface area (Å²) in [5, 5.41) is 9.07. The second-order valence-electron chi connectivity index (χ2n) is 4.40. The Labute approximate surface area is 107 Å². The molecule has 102 valence electrons. The fourth-order valence-corrected chi connectivity index (χ4v) is 2.21. The van der Waals surface area contributed by atoms with Crippen molar-refractivity contribution < 1.29 is 13.9 Å². The average molecular weight is 257 g/mol. The molecular weight excluding hydrogens is 236 g/mol. The summed E-state index contributed by atoms with van der Waals surface area (Å²) < 4.78 is 26.7. The summed E-state index contributed by atoms with van der Waals surface area (Å²) in [7, 11) is 0. The molecule has 1 N–H and O–H groups in total. The molecule has 0 aliphatic rings. The van der Waals surface area contributed by atoms with Crippen LogP contribution < -0.4 is 0 Å². The van der Waals surface area contributed by atoms with Gasteiger partial charge in [0.1, 0.15) is 11.6 Å². The maximum atomic E-state index is 13.6. The number of aliphatic hydroxyl groups is 1. The van der Waals surface area contributed by atoms with Crippen molar-refractivity contribution in [2.45, 2.75) is 39.3 Å². The molecule has 0 atom stereocenters. The summed E-state index contributed by atoms with van der Waals surface area (Å²) in [4.78, 5) is 2.00. The fourth-order valence-electron chi connectivity index (χ4n) is 2.21. The third-order valence-electron chi connectivity index (χ3n) is 3.23. The smallest absolute Gasteiger partial charge is 0.127 e. The van der Waals surface area contributed by atoms with Crippen molar-refractivity contribution in [3.05, 3.63) is 35.4 Å². The Bertz CT molecular complexity index is 367. The summed E-state index contributed by atoms with van der Waals surface area (Å²) in [5.41, 5.74) is 0.343. The molecule has 0 unspecified atom stereocenters. The largest absolute Gasteiger partial charge is 0.395 e. The molecule has 1 aromatic carbocycles. The zero-order valence-corrected chi connectivity index (χ0v) is 11.0. The van der Waals surface area contributed by atoms with Crippen LogP contribution in [0, 0.1) is 11.6 Å². The number of nitrogens with zero attached hydrogens (tertiary/aromatic N) is 1. The van der Waals surface area contributed by atoms with Gasteiger partial charge in [-0.3, -0.25) is 4.90 Å². The van der Waals surface area contributed by atoms with Gasteiger partial charge in [0.2, 0.25) is 0 Å². The first-order chi connectivity index (χ1) is 8.62. The molecule has 1 rings (SSSR count). The summed E-state index contributed by atoms with van der Waals surface area (Å²) in [5.74, 6) is -0.829. The highest BCUT2D eigenvalue weighted by Gasteiger charge is 2.16. The lowest BCUT2D eigenvalue weighted by Gasteiger charge is -2.30. The van der Waals surface area contributed by atoms with E-state index in [9.17, 15) is 8.78 Å². The predicted molar refractivity (Wildman–Crippen MR) is 68.2 cm³/mol. The number of aliphatic hydroxyl groups excluding tert-OH is 1. The van der Waals surface area contributed by atoms with Crippen molar-refractivity contribution in [2.24, 2.45) is 0 Å². The van der Waals surface area contributed by atoms with Crippen LogP contribution in [0.15, 0.2) is 18.2 Å². The van der Waals surface area contributed by atoms with Gasteiger partial charge in [0.15, 0.2) is 0 Å². The monoisotopic (exact) mass is 257 g/mol. The summed E-state index contributed by atoms with van der Waals surface area (Å²) in [6.07, 6.45) is 1.85. The number of hydrogen-bond acceptors (Lipinski definition) is 2. The SMILES string of the molecule is CCC(CC)N(CCO)Cc1cc(F)ccc1F. The fraction of sp³-hybridized carbons (Fsp3) is 0.571. The summed E-state index contributed by atoms with van der Waals surface area (Å²) in [6.45, 7) is 4.94. The van der Waals surface area contributed by atoms with Crippen LogP contribution in [0.25, 0.3) is 0 Å². The number of hydrogen-bond donors (Lipinski definition) is 1. The predicted octanol–water partition coefficient (Wildman–Crippen LogP) is 2.95. The van der Waals surface area contributed by atoms with E-state index in [1.165, 1.54) is 6.07 Å². The zero-order valence-electron chi connectivity index (χ0n) is 11.0. The average Bonchev–Trinajstić information content (AvgIpc) is 2.35. The minimum atomic E-state index is -0.431. The van der Waals surface area contributed by atoms with E-state index in [2.05, 4.69) is 13.8 Å². The first-order valence-electron chi connectivity index (χ1n) is 6.41. The highest BCUT2D eigenvalue weighted by Crippen LogP contribution is 2.16. The van der Waals surface area contributed by atoms with E-state index in [0.717, 1.165) is 25.0 Å². The van der Waals surface area contributed by atoms with E-state index >= 15 is 0 Å². The summed E-state index contributed by atoms with van der Waals surface area (Å²) >= 11 is 0. The number of halogens is 2. The molecule has 2 nitrogen and oxygen atoms in total. The highest BCUT2D eigenvalue weighted by molar-refractivity contribution is 5.18. The first-order valence-corrected chi connectivity index (χ1v) is 6.41. The molecule has 0 heterocycles. The Balaban J connectivity index is 2.85. The van der Waals surface area contributed by atoms with Crippen LogP contribution in [-0.2, 0) is 6.54 Å². The van der Waals surface area contributed by atoms with Crippen LogP contribution in [-0.4, -0.2) is 29.2 Å². The third-order valence-corrected chi connectivity index (χ3v) is 3.23. The second-order valence-corrected chi connectivity index (χ2v) is 4.40. The molecule has 0 spiro atoms. The van der Waals surface area contributed by atoms with Crippen molar-refractivity contribution in [1.82, 2.24) is 4.90 Å². The quantitative estimate of drug-likeness (QED) is 0.811. The Morgan fingerprint density at radius 2 is 1.89 bits per heavy atom. The molecule has 1 aromatic rings. The van der Waals surface area contributed by atoms with Crippen molar-refractivity contribution in [3.63, 3.8) is 0 Å². The molecule has 0 aliphatic carbocycles. The van der Waals surface area contributed by atoms with E-state index in [0.29, 0.717) is 18.7 Å². The topological polar surface area (TPSA) is 23.5 Å². The van der Waals surface area contributed by atoms with Crippen LogP contribution in [0.3, 0.4) is 0 Å². The minimum Gasteiger partial charge on any atom is -0.395 e. The zero-order chi connectivity index (χ0) is 13.5. The second kappa shape index (κ2) is 7.44. The molecule has 18 heavy (non-hydrogen) atoms. The minimum absolute atomic E-state index is 0.0213. The Morgan fingerprint density at radius 3 is 2.44 bits per heavy atom. The van der Waals surface area contributed by atoms with Crippen molar-refractivity contribution in [1.29, 1.82) is 0 Å². The Hall–Kier alpha value is -1.00. The van der Waals surface area contributed by atoms with Gasteiger partial charge in [-0.2, -0.15) is 0 Å². The van der Waals surface area contributed by atoms with Crippen molar-refractivity contribution in [2.75, 3.05) is 13.2 Å². The normalized spacial score (nSPS) is 11.5. The molecular formula is C14H21F2NO. The van der Waals surface area contributed by atoms with Gasteiger partial charge < -0.3 is 5.11 Å². The van der Waals surface area contributed by atoms with Gasteiger partial charge in [0.05, 0.1) is 6.61 Å². The van der Waals surface area contributed by atoms with E-state index in [4.69, 9.17) is 5.11 Å². The van der Waals surface area contributed by atoms with Gasteiger partial charge in [-0.25, -0.2) is 8.78 Å². The molecule has 0 fully saturated rings. The lowest BCUT2D eigenvalue weighted by Crippen LogP contribution is -2.36. The maximum Gasteiger partial charge on any atom is 0.127 e. The molecule has 0 saturated carbocycles. The molecule has 0 amide bonds. The highest BCUT2D eigenvalue weighted by atomic mass is 19.1. The van der Waals surface area contributed by atoms with Gasteiger partial charge in [0, 0.05) is 24.7 Å². The van der Waals surface area contributed by atoms with Crippen LogP contribution in [0.1, 0.15) is 32.3 Å². The lowest BCUT2D eigenvalue weighted by atomic mass is 10.1. The van der Waals surface area contributed by atoms with Gasteiger partial charge in [-0.15, -0.1) is 0 Å². The first kappa shape index (κ1) is 15.1. The van der Waals surface area contributed by atoms with Gasteiger partial charge in [-0.05, 0) is 31.0 Å². The number of rotatable bonds is 7. The standard InChI is InChI=1S/C14H21F2NO/c1-3-13(4-2)17(7-8-18)10-11-9-12(15)5-6-14(11)16/h5-6,9,13,18H,3-4,7-8,10H2,1-2H3. The maximum absolute atomic E-state index is 13.6. The lowest BCUT2D eigenvalue weighted by molar-refractivity contribution is 0.135. The Kier molecular flexibility index (Phi) is 6.22. The van der Waals surface area contributed by atoms with Crippen LogP contribution in [0.2, 0.25) is 0 Å². The Morgan fingerprint density at radius 1 is 1.22 bits per heavy atom. The molecule has 4 heteroatoms. The van der Waals surface area contributed by atoms with Crippen molar-refractivity contribution >= 4 is 0 Å². The van der Waals surface area contributed by atoms with E-state index < -0.39 is 11.6 Å². The van der Waals surface area contributed by atoms with E-state index in [1.807, 2.05) is 4.90 Å². The van der Waals surface area contributed by atoms with Crippen LogP contribution in [0.5, 0.6) is 0 Å². The van der Waals surface area contributed by atoms with Crippen LogP contribution >= 0.6 is 0 Å². The summed E-state index contributed by atoms with van der Waals surface area (Å²) in [6, 6.07) is 3.77. The van der Waals surface area contributed by atoms with Gasteiger partial charge in [0.25, 0.3) is 0 Å². The van der Waals surface area contributed by atoms with Gasteiger partial charge in [-0.1, -0.05) is 13.8 Å². The van der Waals surface area contributed by atoms with Crippen LogP contribution in [0.4, 0.5) is 8.78 Å². The molecule has 0 bridgehead atoms. The van der Waals surface area contributed by atoms with Gasteiger partial charge >= 0.3 is 0 Å².